The van der Waals surface area contributed by atoms with Crippen molar-refractivity contribution in [2.45, 2.75) is 13.5 Å². The number of carbonyl (C=O) groups is 1. The Morgan fingerprint density at radius 2 is 2.24 bits per heavy atom. The second-order valence-electron chi connectivity index (χ2n) is 3.99. The molecule has 0 radical (unpaired) electrons. The lowest BCUT2D eigenvalue weighted by Gasteiger charge is -2.18. The maximum atomic E-state index is 11.1. The molecule has 0 atom stereocenters. The number of carboxylic acids is 1. The number of rotatable bonds is 1. The summed E-state index contributed by atoms with van der Waals surface area (Å²) in [5, 5.41) is 9.11. The fourth-order valence-electron chi connectivity index (χ4n) is 2.16. The maximum Gasteiger partial charge on any atom is 0.339 e. The van der Waals surface area contributed by atoms with Crippen LogP contribution in [0, 0.1) is 6.92 Å². The van der Waals surface area contributed by atoms with E-state index in [1.54, 1.807) is 18.4 Å². The fraction of sp³-hybridized carbons (Fsp3) is 0.154. The number of fused-ring (bicyclic) bond motifs is 3. The first-order valence-electron chi connectivity index (χ1n) is 5.25. The van der Waals surface area contributed by atoms with E-state index in [-0.39, 0.29) is 12.2 Å². The third kappa shape index (κ3) is 1.34. The van der Waals surface area contributed by atoms with Crippen LogP contribution in [0.5, 0.6) is 5.75 Å². The molecule has 0 saturated heterocycles. The van der Waals surface area contributed by atoms with Gasteiger partial charge in [0, 0.05) is 11.1 Å². The maximum absolute atomic E-state index is 11.1. The van der Waals surface area contributed by atoms with Gasteiger partial charge in [-0.25, -0.2) is 4.79 Å². The van der Waals surface area contributed by atoms with Gasteiger partial charge in [-0.15, -0.1) is 0 Å². The number of carboxylic acid groups (broad SMARTS) is 1. The van der Waals surface area contributed by atoms with Crippen molar-refractivity contribution in [1.29, 1.82) is 0 Å². The Hall–Kier alpha value is -2.23. The van der Waals surface area contributed by atoms with Crippen LogP contribution in [-0.4, -0.2) is 11.1 Å². The molecule has 2 aromatic rings. The molecule has 0 spiro atoms. The van der Waals surface area contributed by atoms with E-state index < -0.39 is 5.97 Å². The van der Waals surface area contributed by atoms with Crippen molar-refractivity contribution in [2.24, 2.45) is 0 Å². The molecule has 86 valence electrons. The second kappa shape index (κ2) is 3.38. The Labute approximate surface area is 97.4 Å². The highest BCUT2D eigenvalue weighted by Gasteiger charge is 2.26. The molecule has 1 aromatic heterocycles. The lowest BCUT2D eigenvalue weighted by molar-refractivity contribution is 0.0691. The zero-order valence-corrected chi connectivity index (χ0v) is 9.19. The summed E-state index contributed by atoms with van der Waals surface area (Å²) < 4.78 is 10.9. The summed E-state index contributed by atoms with van der Waals surface area (Å²) in [6.07, 6.45) is 1.66. The highest BCUT2D eigenvalue weighted by atomic mass is 16.5. The molecule has 0 saturated carbocycles. The van der Waals surface area contributed by atoms with Gasteiger partial charge in [-0.2, -0.15) is 0 Å². The van der Waals surface area contributed by atoms with Gasteiger partial charge in [0.1, 0.15) is 23.7 Å². The SMILES string of the molecule is Cc1coc2c1-c1cccc(C(=O)O)c1OC2. The fourth-order valence-corrected chi connectivity index (χ4v) is 2.16. The number of aromatic carboxylic acids is 1. The number of hydrogen-bond donors (Lipinski definition) is 1. The van der Waals surface area contributed by atoms with Crippen LogP contribution in [0.4, 0.5) is 0 Å². The first-order valence-corrected chi connectivity index (χ1v) is 5.25. The van der Waals surface area contributed by atoms with Crippen LogP contribution in [0.3, 0.4) is 0 Å². The van der Waals surface area contributed by atoms with Gasteiger partial charge in [0.15, 0.2) is 0 Å². The minimum Gasteiger partial charge on any atom is -0.484 e. The smallest absolute Gasteiger partial charge is 0.339 e. The molecule has 1 aliphatic heterocycles. The molecule has 0 aliphatic carbocycles. The Balaban J connectivity index is 2.30. The quantitative estimate of drug-likeness (QED) is 0.818. The van der Waals surface area contributed by atoms with Gasteiger partial charge in [0.05, 0.1) is 6.26 Å². The second-order valence-corrected chi connectivity index (χ2v) is 3.99. The first kappa shape index (κ1) is 9.96. The van der Waals surface area contributed by atoms with Gasteiger partial charge >= 0.3 is 5.97 Å². The molecule has 0 amide bonds. The summed E-state index contributed by atoms with van der Waals surface area (Å²) >= 11 is 0. The Kier molecular flexibility index (Phi) is 1.98. The van der Waals surface area contributed by atoms with Gasteiger partial charge in [0.2, 0.25) is 0 Å². The molecule has 1 aromatic carbocycles. The van der Waals surface area contributed by atoms with Crippen molar-refractivity contribution < 1.29 is 19.1 Å². The molecule has 3 rings (SSSR count). The molecule has 4 nitrogen and oxygen atoms in total. The van der Waals surface area contributed by atoms with Crippen LogP contribution in [-0.2, 0) is 6.61 Å². The average Bonchev–Trinajstić information content (AvgIpc) is 2.70. The van der Waals surface area contributed by atoms with Gasteiger partial charge in [-0.05, 0) is 18.6 Å². The van der Waals surface area contributed by atoms with Crippen LogP contribution in [0.2, 0.25) is 0 Å². The molecule has 0 unspecified atom stereocenters. The molecule has 1 N–H and O–H groups in total. The summed E-state index contributed by atoms with van der Waals surface area (Å²) in [6, 6.07) is 5.11. The van der Waals surface area contributed by atoms with Crippen LogP contribution in [0.15, 0.2) is 28.9 Å². The number of furan rings is 1. The van der Waals surface area contributed by atoms with Crippen molar-refractivity contribution in [3.05, 3.63) is 41.3 Å². The van der Waals surface area contributed by atoms with E-state index in [0.717, 1.165) is 22.5 Å². The predicted octanol–water partition coefficient (Wildman–Crippen LogP) is 2.85. The zero-order valence-electron chi connectivity index (χ0n) is 9.19. The van der Waals surface area contributed by atoms with Crippen LogP contribution in [0.1, 0.15) is 21.7 Å². The molecule has 17 heavy (non-hydrogen) atoms. The summed E-state index contributed by atoms with van der Waals surface area (Å²) in [7, 11) is 0. The molecule has 0 bridgehead atoms. The monoisotopic (exact) mass is 230 g/mol. The molecular weight excluding hydrogens is 220 g/mol. The van der Waals surface area contributed by atoms with Crippen LogP contribution >= 0.6 is 0 Å². The zero-order chi connectivity index (χ0) is 12.0. The number of hydrogen-bond acceptors (Lipinski definition) is 3. The predicted molar refractivity (Wildman–Crippen MR) is 60.2 cm³/mol. The van der Waals surface area contributed by atoms with E-state index in [0.29, 0.717) is 5.75 Å². The summed E-state index contributed by atoms with van der Waals surface area (Å²) in [6.45, 7) is 2.21. The first-order chi connectivity index (χ1) is 8.18. The Bertz CT molecular complexity index is 610. The van der Waals surface area contributed by atoms with E-state index in [2.05, 4.69) is 0 Å². The van der Waals surface area contributed by atoms with Crippen LogP contribution in [0.25, 0.3) is 11.1 Å². The largest absolute Gasteiger partial charge is 0.484 e. The average molecular weight is 230 g/mol. The van der Waals surface area contributed by atoms with E-state index in [1.165, 1.54) is 0 Å². The molecule has 1 aliphatic rings. The van der Waals surface area contributed by atoms with Gasteiger partial charge in [-0.3, -0.25) is 0 Å². The van der Waals surface area contributed by atoms with Crippen molar-refractivity contribution in [1.82, 2.24) is 0 Å². The normalized spacial score (nSPS) is 12.5. The highest BCUT2D eigenvalue weighted by molar-refractivity contribution is 5.95. The minimum absolute atomic E-state index is 0.189. The minimum atomic E-state index is -0.980. The third-order valence-corrected chi connectivity index (χ3v) is 2.91. The Morgan fingerprint density at radius 1 is 1.41 bits per heavy atom. The van der Waals surface area contributed by atoms with E-state index in [9.17, 15) is 4.79 Å². The van der Waals surface area contributed by atoms with Gasteiger partial charge in [0.25, 0.3) is 0 Å². The van der Waals surface area contributed by atoms with E-state index >= 15 is 0 Å². The highest BCUT2D eigenvalue weighted by Crippen LogP contribution is 2.42. The molecule has 0 fully saturated rings. The Morgan fingerprint density at radius 3 is 3.00 bits per heavy atom. The van der Waals surface area contributed by atoms with E-state index in [4.69, 9.17) is 14.3 Å². The van der Waals surface area contributed by atoms with E-state index in [1.807, 2.05) is 13.0 Å². The molecule has 4 heteroatoms. The summed E-state index contributed by atoms with van der Waals surface area (Å²) in [5.41, 5.74) is 2.92. The van der Waals surface area contributed by atoms with Crippen molar-refractivity contribution >= 4 is 5.97 Å². The molecule has 2 heterocycles. The van der Waals surface area contributed by atoms with Crippen molar-refractivity contribution in [3.63, 3.8) is 0 Å². The lowest BCUT2D eigenvalue weighted by Crippen LogP contribution is -2.09. The number of ether oxygens (including phenoxy) is 1. The van der Waals surface area contributed by atoms with Gasteiger partial charge in [-0.1, -0.05) is 12.1 Å². The summed E-state index contributed by atoms with van der Waals surface area (Å²) in [5.74, 6) is 0.195. The third-order valence-electron chi connectivity index (χ3n) is 2.91. The van der Waals surface area contributed by atoms with Crippen molar-refractivity contribution in [2.75, 3.05) is 0 Å². The molecular formula is C13H10O4. The number of aryl methyl sites for hydroxylation is 1. The topological polar surface area (TPSA) is 59.7 Å². The van der Waals surface area contributed by atoms with Crippen molar-refractivity contribution in [3.8, 4) is 16.9 Å². The summed E-state index contributed by atoms with van der Waals surface area (Å²) in [4.78, 5) is 11.1. The van der Waals surface area contributed by atoms with Gasteiger partial charge < -0.3 is 14.3 Å². The lowest BCUT2D eigenvalue weighted by atomic mass is 9.97. The van der Waals surface area contributed by atoms with Crippen LogP contribution < -0.4 is 4.74 Å². The number of para-hydroxylation sites is 1. The number of benzene rings is 1. The standard InChI is InChI=1S/C13H10O4/c1-7-5-16-10-6-17-12-8(11(7)10)3-2-4-9(12)13(14)15/h2-5H,6H2,1H3,(H,14,15).